The van der Waals surface area contributed by atoms with Crippen LogP contribution in [0.3, 0.4) is 0 Å². The van der Waals surface area contributed by atoms with Crippen molar-refractivity contribution in [1.82, 2.24) is 4.98 Å². The molecule has 1 fully saturated rings. The minimum absolute atomic E-state index is 0.188. The standard InChI is InChI=1S/C28H28N2O5/c1-32-24-15-14-20(16-25(24)34-21-10-5-6-11-21)17-26-29-22-12-7-13-23(27(22)35-26)30-28(31)33-18-19-8-3-2-4-9-19/h2-4,7-9,12-16,21H,5-6,10-11,17-18H2,1H3,(H,30,31). The number of benzene rings is 3. The number of rotatable bonds is 8. The second-order valence-electron chi connectivity index (χ2n) is 8.63. The first kappa shape index (κ1) is 22.8. The van der Waals surface area contributed by atoms with Crippen LogP contribution in [0.5, 0.6) is 11.5 Å². The third kappa shape index (κ3) is 5.57. The molecule has 7 nitrogen and oxygen atoms in total. The molecule has 0 unspecified atom stereocenters. The fraction of sp³-hybridized carbons (Fsp3) is 0.286. The molecule has 0 spiro atoms. The van der Waals surface area contributed by atoms with Gasteiger partial charge in [0.1, 0.15) is 12.1 Å². The van der Waals surface area contributed by atoms with E-state index >= 15 is 0 Å². The summed E-state index contributed by atoms with van der Waals surface area (Å²) in [4.78, 5) is 17.0. The van der Waals surface area contributed by atoms with E-state index in [4.69, 9.17) is 18.6 Å². The van der Waals surface area contributed by atoms with Crippen LogP contribution < -0.4 is 14.8 Å². The molecule has 0 radical (unpaired) electrons. The van der Waals surface area contributed by atoms with Gasteiger partial charge in [-0.15, -0.1) is 0 Å². The van der Waals surface area contributed by atoms with Crippen molar-refractivity contribution >= 4 is 22.9 Å². The first-order valence-electron chi connectivity index (χ1n) is 11.9. The van der Waals surface area contributed by atoms with Crippen LogP contribution in [-0.2, 0) is 17.8 Å². The van der Waals surface area contributed by atoms with Gasteiger partial charge in [0.05, 0.1) is 18.9 Å². The Labute approximate surface area is 204 Å². The molecule has 1 aliphatic rings. The van der Waals surface area contributed by atoms with Crippen molar-refractivity contribution in [2.45, 2.75) is 44.8 Å². The van der Waals surface area contributed by atoms with E-state index in [0.717, 1.165) is 35.5 Å². The third-order valence-electron chi connectivity index (χ3n) is 6.09. The number of oxazole rings is 1. The van der Waals surface area contributed by atoms with Gasteiger partial charge >= 0.3 is 6.09 Å². The first-order valence-corrected chi connectivity index (χ1v) is 11.9. The van der Waals surface area contributed by atoms with Gasteiger partial charge in [-0.2, -0.15) is 0 Å². The average molecular weight is 473 g/mol. The number of para-hydroxylation sites is 1. The van der Waals surface area contributed by atoms with E-state index in [0.29, 0.717) is 29.1 Å². The summed E-state index contributed by atoms with van der Waals surface area (Å²) in [5.74, 6) is 2.01. The number of carbonyl (C=O) groups excluding carboxylic acids is 1. The highest BCUT2D eigenvalue weighted by atomic mass is 16.5. The normalized spacial score (nSPS) is 13.6. The zero-order chi connectivity index (χ0) is 24.0. The molecule has 180 valence electrons. The maximum Gasteiger partial charge on any atom is 0.412 e. The number of anilines is 1. The lowest BCUT2D eigenvalue weighted by Crippen LogP contribution is -2.13. The van der Waals surface area contributed by atoms with Gasteiger partial charge in [0.2, 0.25) is 0 Å². The SMILES string of the molecule is COc1ccc(Cc2nc3cccc(NC(=O)OCc4ccccc4)c3o2)cc1OC1CCCC1. The van der Waals surface area contributed by atoms with Crippen LogP contribution in [0.25, 0.3) is 11.1 Å². The number of ether oxygens (including phenoxy) is 3. The molecule has 1 heterocycles. The first-order chi connectivity index (χ1) is 17.2. The van der Waals surface area contributed by atoms with Crippen molar-refractivity contribution in [2.75, 3.05) is 12.4 Å². The van der Waals surface area contributed by atoms with Crippen LogP contribution in [0.15, 0.2) is 71.1 Å². The molecule has 0 saturated heterocycles. The van der Waals surface area contributed by atoms with E-state index < -0.39 is 6.09 Å². The molecule has 5 rings (SSSR count). The van der Waals surface area contributed by atoms with E-state index in [9.17, 15) is 4.79 Å². The molecule has 4 aromatic rings. The quantitative estimate of drug-likeness (QED) is 0.315. The molecule has 1 amide bonds. The Hall–Kier alpha value is -4.00. The average Bonchev–Trinajstić information content (AvgIpc) is 3.54. The number of carbonyl (C=O) groups is 1. The predicted octanol–water partition coefficient (Wildman–Crippen LogP) is 6.50. The highest BCUT2D eigenvalue weighted by Crippen LogP contribution is 2.33. The Bertz CT molecular complexity index is 1300. The summed E-state index contributed by atoms with van der Waals surface area (Å²) in [5, 5.41) is 2.77. The molecule has 1 aliphatic carbocycles. The van der Waals surface area contributed by atoms with E-state index in [2.05, 4.69) is 10.3 Å². The van der Waals surface area contributed by atoms with Gasteiger partial charge in [0, 0.05) is 6.42 Å². The largest absolute Gasteiger partial charge is 0.493 e. The monoisotopic (exact) mass is 472 g/mol. The van der Waals surface area contributed by atoms with Crippen molar-refractivity contribution in [1.29, 1.82) is 0 Å². The maximum absolute atomic E-state index is 12.3. The Morgan fingerprint density at radius 1 is 1.00 bits per heavy atom. The minimum Gasteiger partial charge on any atom is -0.493 e. The number of nitrogens with zero attached hydrogens (tertiary/aromatic N) is 1. The number of fused-ring (bicyclic) bond motifs is 1. The predicted molar refractivity (Wildman–Crippen MR) is 133 cm³/mol. The molecule has 35 heavy (non-hydrogen) atoms. The lowest BCUT2D eigenvalue weighted by Gasteiger charge is -2.16. The van der Waals surface area contributed by atoms with Gasteiger partial charge in [-0.3, -0.25) is 5.32 Å². The molecule has 3 aromatic carbocycles. The molecule has 0 bridgehead atoms. The Kier molecular flexibility index (Phi) is 6.84. The number of aromatic nitrogens is 1. The number of hydrogen-bond donors (Lipinski definition) is 1. The topological polar surface area (TPSA) is 82.8 Å². The Morgan fingerprint density at radius 2 is 1.83 bits per heavy atom. The highest BCUT2D eigenvalue weighted by Gasteiger charge is 2.19. The van der Waals surface area contributed by atoms with Gasteiger partial charge < -0.3 is 18.6 Å². The van der Waals surface area contributed by atoms with Gasteiger partial charge in [0.25, 0.3) is 0 Å². The molecule has 0 aliphatic heterocycles. The summed E-state index contributed by atoms with van der Waals surface area (Å²) in [7, 11) is 1.65. The number of hydrogen-bond acceptors (Lipinski definition) is 6. The van der Waals surface area contributed by atoms with Gasteiger partial charge in [-0.25, -0.2) is 9.78 Å². The summed E-state index contributed by atoms with van der Waals surface area (Å²) >= 11 is 0. The van der Waals surface area contributed by atoms with Crippen molar-refractivity contribution < 1.29 is 23.4 Å². The third-order valence-corrected chi connectivity index (χ3v) is 6.09. The van der Waals surface area contributed by atoms with Crippen molar-refractivity contribution in [3.05, 3.63) is 83.7 Å². The van der Waals surface area contributed by atoms with Gasteiger partial charge in [-0.05, 0) is 61.1 Å². The fourth-order valence-corrected chi connectivity index (χ4v) is 4.32. The van der Waals surface area contributed by atoms with Crippen LogP contribution in [-0.4, -0.2) is 24.3 Å². The minimum atomic E-state index is -0.553. The van der Waals surface area contributed by atoms with Gasteiger partial charge in [-0.1, -0.05) is 42.5 Å². The van der Waals surface area contributed by atoms with E-state index in [-0.39, 0.29) is 12.7 Å². The number of methoxy groups -OCH3 is 1. The molecular weight excluding hydrogens is 444 g/mol. The molecular formula is C28H28N2O5. The van der Waals surface area contributed by atoms with Crippen LogP contribution in [0.4, 0.5) is 10.5 Å². The number of nitrogens with one attached hydrogen (secondary N) is 1. The molecule has 1 aromatic heterocycles. The molecule has 1 saturated carbocycles. The maximum atomic E-state index is 12.3. The summed E-state index contributed by atoms with van der Waals surface area (Å²) < 4.78 is 23.1. The second-order valence-corrected chi connectivity index (χ2v) is 8.63. The van der Waals surface area contributed by atoms with Crippen LogP contribution >= 0.6 is 0 Å². The zero-order valence-corrected chi connectivity index (χ0v) is 19.7. The molecule has 7 heteroatoms. The Morgan fingerprint density at radius 3 is 2.63 bits per heavy atom. The zero-order valence-electron chi connectivity index (χ0n) is 19.7. The van der Waals surface area contributed by atoms with E-state index in [1.807, 2.05) is 60.7 Å². The van der Waals surface area contributed by atoms with Gasteiger partial charge in [0.15, 0.2) is 23.0 Å². The molecule has 1 N–H and O–H groups in total. The lowest BCUT2D eigenvalue weighted by molar-refractivity contribution is 0.155. The lowest BCUT2D eigenvalue weighted by atomic mass is 10.1. The Balaban J connectivity index is 1.29. The van der Waals surface area contributed by atoms with Crippen LogP contribution in [0, 0.1) is 0 Å². The van der Waals surface area contributed by atoms with Crippen molar-refractivity contribution in [2.24, 2.45) is 0 Å². The summed E-state index contributed by atoms with van der Waals surface area (Å²) in [6, 6.07) is 20.9. The van der Waals surface area contributed by atoms with E-state index in [1.165, 1.54) is 12.8 Å². The summed E-state index contributed by atoms with van der Waals surface area (Å²) in [5.41, 5.74) is 3.60. The number of amides is 1. The smallest absolute Gasteiger partial charge is 0.412 e. The summed E-state index contributed by atoms with van der Waals surface area (Å²) in [6.45, 7) is 0.188. The summed E-state index contributed by atoms with van der Waals surface area (Å²) in [6.07, 6.45) is 4.71. The highest BCUT2D eigenvalue weighted by molar-refractivity contribution is 5.95. The van der Waals surface area contributed by atoms with E-state index in [1.54, 1.807) is 13.2 Å². The fourth-order valence-electron chi connectivity index (χ4n) is 4.32. The van der Waals surface area contributed by atoms with Crippen molar-refractivity contribution in [3.63, 3.8) is 0 Å². The van der Waals surface area contributed by atoms with Crippen LogP contribution in [0.2, 0.25) is 0 Å². The van der Waals surface area contributed by atoms with Crippen molar-refractivity contribution in [3.8, 4) is 11.5 Å². The van der Waals surface area contributed by atoms with Crippen LogP contribution in [0.1, 0.15) is 42.7 Å². The molecule has 0 atom stereocenters. The second kappa shape index (κ2) is 10.5.